The first kappa shape index (κ1) is 9.80. The molecule has 0 aliphatic heterocycles. The molecular weight excluding hydrogens is 214 g/mol. The quantitative estimate of drug-likeness (QED) is 0.804. The molecule has 1 aromatic carbocycles. The standard InChI is InChI=1S/C10H11NOS2/c1-2-7-14(12)10-11-8-5-3-4-6-9(8)13-10/h3-6H,2,7H2,1H3/t14-/m0/s1. The van der Waals surface area contributed by atoms with Crippen LogP contribution >= 0.6 is 11.3 Å². The molecule has 0 radical (unpaired) electrons. The summed E-state index contributed by atoms with van der Waals surface area (Å²) in [5.41, 5.74) is 0.956. The van der Waals surface area contributed by atoms with Crippen LogP contribution in [-0.4, -0.2) is 14.9 Å². The molecule has 0 N–H and O–H groups in total. The van der Waals surface area contributed by atoms with E-state index in [1.165, 1.54) is 11.3 Å². The topological polar surface area (TPSA) is 30.0 Å². The number of para-hydroxylation sites is 1. The van der Waals surface area contributed by atoms with E-state index in [1.807, 2.05) is 31.2 Å². The Morgan fingerprint density at radius 3 is 2.93 bits per heavy atom. The Hall–Kier alpha value is -0.740. The third-order valence-electron chi connectivity index (χ3n) is 1.86. The molecule has 0 saturated carbocycles. The van der Waals surface area contributed by atoms with Crippen LogP contribution in [0.2, 0.25) is 0 Å². The molecule has 2 rings (SSSR count). The Morgan fingerprint density at radius 2 is 2.21 bits per heavy atom. The third kappa shape index (κ3) is 1.86. The highest BCUT2D eigenvalue weighted by Crippen LogP contribution is 2.24. The number of hydrogen-bond acceptors (Lipinski definition) is 3. The smallest absolute Gasteiger partial charge is 0.181 e. The monoisotopic (exact) mass is 225 g/mol. The lowest BCUT2D eigenvalue weighted by molar-refractivity contribution is 0.681. The fourth-order valence-corrected chi connectivity index (χ4v) is 3.55. The van der Waals surface area contributed by atoms with Crippen LogP contribution in [0.15, 0.2) is 28.6 Å². The molecule has 0 unspecified atom stereocenters. The van der Waals surface area contributed by atoms with Crippen molar-refractivity contribution in [3.8, 4) is 0 Å². The predicted octanol–water partition coefficient (Wildman–Crippen LogP) is 2.81. The number of aromatic nitrogens is 1. The maximum atomic E-state index is 11.7. The Labute approximate surface area is 89.4 Å². The van der Waals surface area contributed by atoms with Crippen LogP contribution < -0.4 is 0 Å². The summed E-state index contributed by atoms with van der Waals surface area (Å²) in [6.07, 6.45) is 0.933. The molecule has 0 aliphatic carbocycles. The number of hydrogen-bond donors (Lipinski definition) is 0. The molecule has 2 aromatic rings. The van der Waals surface area contributed by atoms with Crippen molar-refractivity contribution in [3.63, 3.8) is 0 Å². The van der Waals surface area contributed by atoms with E-state index in [4.69, 9.17) is 0 Å². The first-order valence-corrected chi connectivity index (χ1v) is 6.68. The third-order valence-corrected chi connectivity index (χ3v) is 4.76. The molecule has 14 heavy (non-hydrogen) atoms. The van der Waals surface area contributed by atoms with Gasteiger partial charge in [-0.15, -0.1) is 11.3 Å². The first-order chi connectivity index (χ1) is 6.81. The molecule has 0 saturated heterocycles. The summed E-state index contributed by atoms with van der Waals surface area (Å²) < 4.78 is 13.5. The fraction of sp³-hybridized carbons (Fsp3) is 0.300. The lowest BCUT2D eigenvalue weighted by atomic mass is 10.3. The largest absolute Gasteiger partial charge is 0.252 e. The molecule has 1 aromatic heterocycles. The number of nitrogens with zero attached hydrogens (tertiary/aromatic N) is 1. The normalized spacial score (nSPS) is 13.2. The summed E-state index contributed by atoms with van der Waals surface area (Å²) in [5.74, 6) is 0.708. The Balaban J connectivity index is 2.40. The van der Waals surface area contributed by atoms with Crippen molar-refractivity contribution >= 4 is 32.4 Å². The van der Waals surface area contributed by atoms with Gasteiger partial charge in [-0.3, -0.25) is 4.21 Å². The number of benzene rings is 1. The Bertz CT molecular complexity index is 431. The zero-order chi connectivity index (χ0) is 9.97. The summed E-state index contributed by atoms with van der Waals surface area (Å²) in [7, 11) is -0.909. The van der Waals surface area contributed by atoms with Crippen molar-refractivity contribution in [1.29, 1.82) is 0 Å². The van der Waals surface area contributed by atoms with Crippen LogP contribution in [0.1, 0.15) is 13.3 Å². The minimum Gasteiger partial charge on any atom is -0.252 e. The van der Waals surface area contributed by atoms with Crippen molar-refractivity contribution in [1.82, 2.24) is 4.98 Å². The summed E-state index contributed by atoms with van der Waals surface area (Å²) in [6.45, 7) is 2.03. The van der Waals surface area contributed by atoms with E-state index in [0.717, 1.165) is 21.0 Å². The molecule has 1 atom stereocenters. The molecule has 74 valence electrons. The van der Waals surface area contributed by atoms with Crippen molar-refractivity contribution in [2.24, 2.45) is 0 Å². The van der Waals surface area contributed by atoms with Gasteiger partial charge in [0, 0.05) is 5.75 Å². The summed E-state index contributed by atoms with van der Waals surface area (Å²) in [6, 6.07) is 7.90. The van der Waals surface area contributed by atoms with Crippen LogP contribution in [0.25, 0.3) is 10.2 Å². The van der Waals surface area contributed by atoms with Gasteiger partial charge in [-0.2, -0.15) is 0 Å². The highest BCUT2D eigenvalue weighted by atomic mass is 32.2. The van der Waals surface area contributed by atoms with E-state index in [1.54, 1.807) is 0 Å². The van der Waals surface area contributed by atoms with E-state index < -0.39 is 10.8 Å². The van der Waals surface area contributed by atoms with E-state index in [-0.39, 0.29) is 0 Å². The van der Waals surface area contributed by atoms with Crippen molar-refractivity contribution in [2.75, 3.05) is 5.75 Å². The molecule has 0 spiro atoms. The minimum atomic E-state index is -0.909. The maximum absolute atomic E-state index is 11.7. The summed E-state index contributed by atoms with van der Waals surface area (Å²) in [4.78, 5) is 4.35. The van der Waals surface area contributed by atoms with Crippen LogP contribution in [0.4, 0.5) is 0 Å². The van der Waals surface area contributed by atoms with Gasteiger partial charge in [0.1, 0.15) is 0 Å². The number of rotatable bonds is 3. The molecule has 0 aliphatic rings. The van der Waals surface area contributed by atoms with E-state index in [2.05, 4.69) is 4.98 Å². The molecule has 2 nitrogen and oxygen atoms in total. The molecule has 0 amide bonds. The van der Waals surface area contributed by atoms with Gasteiger partial charge < -0.3 is 0 Å². The van der Waals surface area contributed by atoms with Gasteiger partial charge in [0.25, 0.3) is 0 Å². The van der Waals surface area contributed by atoms with Crippen LogP contribution in [0.3, 0.4) is 0 Å². The Morgan fingerprint density at radius 1 is 1.43 bits per heavy atom. The highest BCUT2D eigenvalue weighted by Gasteiger charge is 2.08. The van der Waals surface area contributed by atoms with Crippen molar-refractivity contribution in [3.05, 3.63) is 24.3 Å². The van der Waals surface area contributed by atoms with Gasteiger partial charge in [-0.1, -0.05) is 19.1 Å². The molecular formula is C10H11NOS2. The summed E-state index contributed by atoms with van der Waals surface area (Å²) >= 11 is 1.53. The van der Waals surface area contributed by atoms with Gasteiger partial charge >= 0.3 is 0 Å². The zero-order valence-corrected chi connectivity index (χ0v) is 9.53. The molecule has 0 bridgehead atoms. The van der Waals surface area contributed by atoms with E-state index in [9.17, 15) is 4.21 Å². The van der Waals surface area contributed by atoms with E-state index in [0.29, 0.717) is 5.75 Å². The minimum absolute atomic E-state index is 0.708. The first-order valence-electron chi connectivity index (χ1n) is 4.55. The van der Waals surface area contributed by atoms with Crippen molar-refractivity contribution < 1.29 is 4.21 Å². The van der Waals surface area contributed by atoms with Gasteiger partial charge in [0.2, 0.25) is 0 Å². The predicted molar refractivity (Wildman–Crippen MR) is 61.2 cm³/mol. The van der Waals surface area contributed by atoms with Gasteiger partial charge in [-0.25, -0.2) is 4.98 Å². The van der Waals surface area contributed by atoms with Gasteiger partial charge in [0.05, 0.1) is 21.0 Å². The number of fused-ring (bicyclic) bond motifs is 1. The van der Waals surface area contributed by atoms with Gasteiger partial charge in [-0.05, 0) is 18.6 Å². The SMILES string of the molecule is CCC[S@](=O)c1nc2ccccc2s1. The van der Waals surface area contributed by atoms with Crippen LogP contribution in [0, 0.1) is 0 Å². The van der Waals surface area contributed by atoms with Gasteiger partial charge in [0.15, 0.2) is 4.34 Å². The second-order valence-corrected chi connectivity index (χ2v) is 5.77. The van der Waals surface area contributed by atoms with E-state index >= 15 is 0 Å². The molecule has 1 heterocycles. The summed E-state index contributed by atoms with van der Waals surface area (Å²) in [5, 5.41) is 0. The lowest BCUT2D eigenvalue weighted by Crippen LogP contribution is -1.94. The Kier molecular flexibility index (Phi) is 2.93. The second kappa shape index (κ2) is 4.19. The zero-order valence-electron chi connectivity index (χ0n) is 7.90. The van der Waals surface area contributed by atoms with Crippen LogP contribution in [-0.2, 0) is 10.8 Å². The fourth-order valence-electron chi connectivity index (χ4n) is 1.22. The van der Waals surface area contributed by atoms with Crippen LogP contribution in [0.5, 0.6) is 0 Å². The maximum Gasteiger partial charge on any atom is 0.181 e. The second-order valence-electron chi connectivity index (χ2n) is 3.00. The molecule has 0 fully saturated rings. The average molecular weight is 225 g/mol. The highest BCUT2D eigenvalue weighted by molar-refractivity contribution is 7.87. The van der Waals surface area contributed by atoms with Crippen molar-refractivity contribution in [2.45, 2.75) is 17.7 Å². The number of thiazole rings is 1. The average Bonchev–Trinajstić information content (AvgIpc) is 2.61. The molecule has 4 heteroatoms. The lowest BCUT2D eigenvalue weighted by Gasteiger charge is -1.91.